The van der Waals surface area contributed by atoms with Crippen LogP contribution in [-0.4, -0.2) is 34.2 Å². The summed E-state index contributed by atoms with van der Waals surface area (Å²) in [5, 5.41) is 10.9. The number of amides is 2. The summed E-state index contributed by atoms with van der Waals surface area (Å²) < 4.78 is 5.32. The molecule has 0 radical (unpaired) electrons. The third-order valence-corrected chi connectivity index (χ3v) is 4.75. The molecule has 3 rings (SSSR count). The van der Waals surface area contributed by atoms with Crippen molar-refractivity contribution in [2.24, 2.45) is 0 Å². The summed E-state index contributed by atoms with van der Waals surface area (Å²) in [6.07, 6.45) is -0.360. The van der Waals surface area contributed by atoms with Crippen molar-refractivity contribution in [1.29, 1.82) is 0 Å². The Hall–Kier alpha value is -3.55. The van der Waals surface area contributed by atoms with E-state index in [1.165, 1.54) is 18.2 Å². The Labute approximate surface area is 167 Å². The molecule has 0 N–H and O–H groups in total. The molecule has 1 heterocycles. The van der Waals surface area contributed by atoms with Gasteiger partial charge in [-0.15, -0.1) is 0 Å². The Morgan fingerprint density at radius 2 is 1.86 bits per heavy atom. The zero-order valence-corrected chi connectivity index (χ0v) is 16.1. The van der Waals surface area contributed by atoms with E-state index in [0.29, 0.717) is 16.7 Å². The highest BCUT2D eigenvalue weighted by Gasteiger charge is 2.35. The second-order valence-electron chi connectivity index (χ2n) is 6.90. The number of carbonyl (C=O) groups is 3. The molecule has 0 aromatic heterocycles. The molecule has 0 fully saturated rings. The molecule has 0 saturated heterocycles. The van der Waals surface area contributed by atoms with Crippen LogP contribution in [0.1, 0.15) is 57.7 Å². The minimum absolute atomic E-state index is 0.0195. The molecule has 1 aliphatic rings. The number of nitro groups is 1. The summed E-state index contributed by atoms with van der Waals surface area (Å²) in [6.45, 7) is 3.59. The fourth-order valence-corrected chi connectivity index (χ4v) is 3.20. The largest absolute Gasteiger partial charge is 0.458 e. The van der Waals surface area contributed by atoms with Gasteiger partial charge in [-0.1, -0.05) is 23.8 Å². The van der Waals surface area contributed by atoms with Crippen molar-refractivity contribution in [1.82, 2.24) is 4.90 Å². The fraction of sp³-hybridized carbons (Fsp3) is 0.286. The number of benzene rings is 2. The zero-order valence-electron chi connectivity index (χ0n) is 16.1. The van der Waals surface area contributed by atoms with Crippen LogP contribution in [0.15, 0.2) is 42.5 Å². The number of rotatable bonds is 7. The summed E-state index contributed by atoms with van der Waals surface area (Å²) in [7, 11) is 0. The second kappa shape index (κ2) is 8.22. The summed E-state index contributed by atoms with van der Waals surface area (Å²) in [5.41, 5.74) is 2.10. The van der Waals surface area contributed by atoms with Crippen LogP contribution < -0.4 is 0 Å². The average molecular weight is 396 g/mol. The van der Waals surface area contributed by atoms with Crippen LogP contribution in [0.4, 0.5) is 5.69 Å². The fourth-order valence-electron chi connectivity index (χ4n) is 3.20. The molecule has 0 spiro atoms. The molecule has 8 nitrogen and oxygen atoms in total. The number of non-ortho nitro benzene ring substituents is 1. The maximum Gasteiger partial charge on any atom is 0.306 e. The zero-order chi connectivity index (χ0) is 21.1. The monoisotopic (exact) mass is 396 g/mol. The number of ether oxygens (including phenoxy) is 1. The number of fused-ring (bicyclic) bond motifs is 1. The smallest absolute Gasteiger partial charge is 0.306 e. The maximum absolute atomic E-state index is 12.4. The Bertz CT molecular complexity index is 1000. The summed E-state index contributed by atoms with van der Waals surface area (Å²) >= 11 is 0. The van der Waals surface area contributed by atoms with Gasteiger partial charge in [-0.05, 0) is 38.0 Å². The van der Waals surface area contributed by atoms with Gasteiger partial charge in [0.25, 0.3) is 17.5 Å². The lowest BCUT2D eigenvalue weighted by Gasteiger charge is -2.15. The van der Waals surface area contributed by atoms with Gasteiger partial charge in [-0.2, -0.15) is 0 Å². The predicted octanol–water partition coefficient (Wildman–Crippen LogP) is 3.58. The van der Waals surface area contributed by atoms with Gasteiger partial charge in [0.15, 0.2) is 0 Å². The number of nitro benzene ring substituents is 1. The molecular weight excluding hydrogens is 376 g/mol. The SMILES string of the molecule is Cc1ccc2c(c1)C(=O)N(CCCC(=O)O[C@@H](C)c1cccc([N+](=O)[O-])c1)C2=O. The van der Waals surface area contributed by atoms with Gasteiger partial charge < -0.3 is 4.74 Å². The van der Waals surface area contributed by atoms with Crippen LogP contribution >= 0.6 is 0 Å². The molecule has 2 amide bonds. The molecule has 150 valence electrons. The van der Waals surface area contributed by atoms with Gasteiger partial charge in [0.1, 0.15) is 6.10 Å². The first kappa shape index (κ1) is 20.2. The van der Waals surface area contributed by atoms with Crippen LogP contribution in [0.5, 0.6) is 0 Å². The van der Waals surface area contributed by atoms with Crippen LogP contribution in [0, 0.1) is 17.0 Å². The van der Waals surface area contributed by atoms with Gasteiger partial charge in [0, 0.05) is 25.1 Å². The number of carbonyl (C=O) groups excluding carboxylic acids is 3. The van der Waals surface area contributed by atoms with Gasteiger partial charge in [-0.25, -0.2) is 0 Å². The first-order valence-corrected chi connectivity index (χ1v) is 9.18. The third kappa shape index (κ3) is 4.31. The quantitative estimate of drug-likeness (QED) is 0.306. The maximum atomic E-state index is 12.4. The van der Waals surface area contributed by atoms with Crippen LogP contribution in [-0.2, 0) is 9.53 Å². The van der Waals surface area contributed by atoms with Crippen molar-refractivity contribution >= 4 is 23.5 Å². The first-order valence-electron chi connectivity index (χ1n) is 9.18. The highest BCUT2D eigenvalue weighted by Crippen LogP contribution is 2.25. The molecule has 0 bridgehead atoms. The number of hydrogen-bond donors (Lipinski definition) is 0. The Balaban J connectivity index is 1.53. The van der Waals surface area contributed by atoms with Crippen molar-refractivity contribution in [3.63, 3.8) is 0 Å². The van der Waals surface area contributed by atoms with Crippen molar-refractivity contribution in [2.75, 3.05) is 6.54 Å². The van der Waals surface area contributed by atoms with E-state index in [1.54, 1.807) is 31.2 Å². The predicted molar refractivity (Wildman–Crippen MR) is 103 cm³/mol. The molecular formula is C21H20N2O6. The Morgan fingerprint density at radius 1 is 1.14 bits per heavy atom. The Morgan fingerprint density at radius 3 is 2.59 bits per heavy atom. The van der Waals surface area contributed by atoms with Gasteiger partial charge in [0.2, 0.25) is 0 Å². The van der Waals surface area contributed by atoms with Gasteiger partial charge >= 0.3 is 5.97 Å². The normalized spacial score (nSPS) is 13.9. The molecule has 29 heavy (non-hydrogen) atoms. The number of nitrogens with zero attached hydrogens (tertiary/aromatic N) is 2. The molecule has 0 unspecified atom stereocenters. The molecule has 0 saturated carbocycles. The molecule has 1 aliphatic heterocycles. The van der Waals surface area contributed by atoms with Gasteiger partial charge in [0.05, 0.1) is 16.1 Å². The van der Waals surface area contributed by atoms with E-state index in [2.05, 4.69) is 0 Å². The lowest BCUT2D eigenvalue weighted by Crippen LogP contribution is -2.31. The summed E-state index contributed by atoms with van der Waals surface area (Å²) in [6, 6.07) is 11.0. The molecule has 0 aliphatic carbocycles. The number of hydrogen-bond acceptors (Lipinski definition) is 6. The third-order valence-electron chi connectivity index (χ3n) is 4.75. The van der Waals surface area contributed by atoms with Crippen molar-refractivity contribution in [3.05, 3.63) is 74.8 Å². The summed E-state index contributed by atoms with van der Waals surface area (Å²) in [5.74, 6) is -1.22. The number of aryl methyl sites for hydroxylation is 1. The van der Waals surface area contributed by atoms with E-state index < -0.39 is 17.0 Å². The summed E-state index contributed by atoms with van der Waals surface area (Å²) in [4.78, 5) is 48.4. The Kier molecular flexibility index (Phi) is 5.72. The molecule has 2 aromatic carbocycles. The second-order valence-corrected chi connectivity index (χ2v) is 6.90. The van der Waals surface area contributed by atoms with Crippen molar-refractivity contribution < 1.29 is 24.0 Å². The molecule has 2 aromatic rings. The number of esters is 1. The topological polar surface area (TPSA) is 107 Å². The van der Waals surface area contributed by atoms with Gasteiger partial charge in [-0.3, -0.25) is 29.4 Å². The minimum Gasteiger partial charge on any atom is -0.458 e. The van der Waals surface area contributed by atoms with Crippen molar-refractivity contribution in [2.45, 2.75) is 32.8 Å². The lowest BCUT2D eigenvalue weighted by molar-refractivity contribution is -0.385. The minimum atomic E-state index is -0.648. The highest BCUT2D eigenvalue weighted by molar-refractivity contribution is 6.21. The van der Waals surface area contributed by atoms with E-state index in [4.69, 9.17) is 4.74 Å². The molecule has 8 heteroatoms. The van der Waals surface area contributed by atoms with Crippen LogP contribution in [0.2, 0.25) is 0 Å². The van der Waals surface area contributed by atoms with E-state index in [9.17, 15) is 24.5 Å². The molecule has 1 atom stereocenters. The van der Waals surface area contributed by atoms with Crippen LogP contribution in [0.3, 0.4) is 0 Å². The first-order chi connectivity index (χ1) is 13.8. The standard InChI is InChI=1S/C21H20N2O6/c1-13-8-9-17-18(11-13)21(26)22(20(17)25)10-4-7-19(24)29-14(2)15-5-3-6-16(12-15)23(27)28/h3,5-6,8-9,11-12,14H,4,7,10H2,1-2H3/t14-/m0/s1. The van der Waals surface area contributed by atoms with E-state index in [-0.39, 0.29) is 36.9 Å². The lowest BCUT2D eigenvalue weighted by atomic mass is 10.1. The van der Waals surface area contributed by atoms with Crippen molar-refractivity contribution in [3.8, 4) is 0 Å². The average Bonchev–Trinajstić information content (AvgIpc) is 2.92. The van der Waals surface area contributed by atoms with E-state index in [1.807, 2.05) is 6.92 Å². The van der Waals surface area contributed by atoms with E-state index >= 15 is 0 Å². The van der Waals surface area contributed by atoms with E-state index in [0.717, 1.165) is 10.5 Å². The van der Waals surface area contributed by atoms with Crippen LogP contribution in [0.25, 0.3) is 0 Å². The highest BCUT2D eigenvalue weighted by atomic mass is 16.6. The number of imide groups is 1.